The van der Waals surface area contributed by atoms with Crippen LogP contribution >= 0.6 is 11.6 Å². The van der Waals surface area contributed by atoms with Crippen molar-refractivity contribution in [3.63, 3.8) is 0 Å². The molecule has 7 nitrogen and oxygen atoms in total. The molecular weight excluding hydrogens is 444 g/mol. The van der Waals surface area contributed by atoms with Crippen molar-refractivity contribution in [3.05, 3.63) is 70.8 Å². The zero-order valence-electron chi connectivity index (χ0n) is 17.8. The van der Waals surface area contributed by atoms with Crippen LogP contribution in [0.5, 0.6) is 0 Å². The van der Waals surface area contributed by atoms with Gasteiger partial charge in [-0.1, -0.05) is 29.3 Å². The number of esters is 1. The van der Waals surface area contributed by atoms with Gasteiger partial charge in [0.25, 0.3) is 5.91 Å². The molecule has 1 saturated carbocycles. The van der Waals surface area contributed by atoms with Crippen LogP contribution in [0.4, 0.5) is 11.4 Å². The number of rotatable bonds is 5. The van der Waals surface area contributed by atoms with Gasteiger partial charge in [-0.2, -0.15) is 0 Å². The smallest absolute Gasteiger partial charge is 0.338 e. The fourth-order valence-corrected chi connectivity index (χ4v) is 5.44. The summed E-state index contributed by atoms with van der Waals surface area (Å²) in [7, 11) is 0. The molecule has 0 radical (unpaired) electrons. The van der Waals surface area contributed by atoms with Crippen molar-refractivity contribution in [1.82, 2.24) is 0 Å². The Morgan fingerprint density at radius 1 is 1.09 bits per heavy atom. The van der Waals surface area contributed by atoms with Gasteiger partial charge < -0.3 is 10.1 Å². The predicted octanol–water partition coefficient (Wildman–Crippen LogP) is 3.84. The van der Waals surface area contributed by atoms with Crippen LogP contribution in [0.2, 0.25) is 5.02 Å². The molecule has 1 aliphatic heterocycles. The Kier molecular flexibility index (Phi) is 5.29. The standard InChI is InChI=1S/C25H21ClN2O5/c1-13-9-15-10-19(13)22-21(15)23(30)28(24(22)31)18-7-5-14(6-8-18)25(32)33-12-20(29)27-17-4-2-3-16(26)11-17/h2-9,11,15,19,21-22H,10,12H2,1H3,(H,27,29)/t15-,19+,21-,22-/m0/s1. The summed E-state index contributed by atoms with van der Waals surface area (Å²) >= 11 is 5.88. The van der Waals surface area contributed by atoms with Crippen LogP contribution in [0.15, 0.2) is 60.2 Å². The van der Waals surface area contributed by atoms with Crippen LogP contribution in [0.1, 0.15) is 23.7 Å². The monoisotopic (exact) mass is 464 g/mol. The van der Waals surface area contributed by atoms with Gasteiger partial charge in [-0.25, -0.2) is 4.79 Å². The number of halogens is 1. The van der Waals surface area contributed by atoms with Crippen molar-refractivity contribution in [2.45, 2.75) is 13.3 Å². The zero-order chi connectivity index (χ0) is 23.3. The highest BCUT2D eigenvalue weighted by Gasteiger charge is 2.60. The van der Waals surface area contributed by atoms with E-state index in [1.54, 1.807) is 36.4 Å². The maximum atomic E-state index is 13.0. The van der Waals surface area contributed by atoms with Gasteiger partial charge in [-0.15, -0.1) is 0 Å². The summed E-state index contributed by atoms with van der Waals surface area (Å²) in [5, 5.41) is 3.07. The Morgan fingerprint density at radius 2 is 1.82 bits per heavy atom. The summed E-state index contributed by atoms with van der Waals surface area (Å²) in [6, 6.07) is 12.7. The van der Waals surface area contributed by atoms with E-state index < -0.39 is 18.5 Å². The van der Waals surface area contributed by atoms with E-state index in [1.165, 1.54) is 22.6 Å². The number of carbonyl (C=O) groups is 4. The van der Waals surface area contributed by atoms with E-state index in [0.29, 0.717) is 16.4 Å². The summed E-state index contributed by atoms with van der Waals surface area (Å²) in [6.07, 6.45) is 3.00. The molecule has 2 aromatic rings. The molecule has 33 heavy (non-hydrogen) atoms. The van der Waals surface area contributed by atoms with Crippen molar-refractivity contribution in [2.75, 3.05) is 16.8 Å². The number of allylic oxidation sites excluding steroid dienone is 2. The lowest BCUT2D eigenvalue weighted by atomic mass is 9.82. The number of anilines is 2. The number of benzene rings is 2. The highest BCUT2D eigenvalue weighted by molar-refractivity contribution is 6.30. The van der Waals surface area contributed by atoms with Crippen molar-refractivity contribution in [3.8, 4) is 0 Å². The second kappa shape index (κ2) is 8.15. The minimum absolute atomic E-state index is 0.133. The molecule has 1 saturated heterocycles. The first-order chi connectivity index (χ1) is 15.8. The number of carbonyl (C=O) groups excluding carboxylic acids is 4. The number of hydrogen-bond donors (Lipinski definition) is 1. The summed E-state index contributed by atoms with van der Waals surface area (Å²) in [4.78, 5) is 51.6. The summed E-state index contributed by atoms with van der Waals surface area (Å²) < 4.78 is 5.07. The summed E-state index contributed by atoms with van der Waals surface area (Å²) in [6.45, 7) is 1.56. The topological polar surface area (TPSA) is 92.8 Å². The molecular formula is C25H21ClN2O5. The lowest BCUT2D eigenvalue weighted by Crippen LogP contribution is -2.33. The minimum atomic E-state index is -0.684. The van der Waals surface area contributed by atoms with Crippen LogP contribution in [0.3, 0.4) is 0 Å². The van der Waals surface area contributed by atoms with Gasteiger partial charge in [-0.3, -0.25) is 19.3 Å². The molecule has 2 aromatic carbocycles. The lowest BCUT2D eigenvalue weighted by molar-refractivity contribution is -0.123. The average molecular weight is 465 g/mol. The molecule has 0 unspecified atom stereocenters. The second-order valence-corrected chi connectivity index (χ2v) is 9.10. The Balaban J connectivity index is 1.21. The predicted molar refractivity (Wildman–Crippen MR) is 122 cm³/mol. The molecule has 1 N–H and O–H groups in total. The SMILES string of the molecule is CC1=C[C@H]2C[C@H]1[C@@H]1C(=O)N(c3ccc(C(=O)OCC(=O)Nc4cccc(Cl)c4)cc3)C(=O)[C@H]12. The number of hydrogen-bond acceptors (Lipinski definition) is 5. The normalized spacial score (nSPS) is 25.2. The first kappa shape index (κ1) is 21.4. The van der Waals surface area contributed by atoms with E-state index in [2.05, 4.69) is 11.4 Å². The number of ether oxygens (including phenoxy) is 1. The molecule has 2 bridgehead atoms. The third-order valence-corrected chi connectivity index (χ3v) is 6.92. The number of amides is 3. The molecule has 0 aromatic heterocycles. The first-order valence-corrected chi connectivity index (χ1v) is 11.1. The maximum Gasteiger partial charge on any atom is 0.338 e. The van der Waals surface area contributed by atoms with Crippen molar-refractivity contribution in [1.29, 1.82) is 0 Å². The van der Waals surface area contributed by atoms with Gasteiger partial charge in [0.1, 0.15) is 0 Å². The van der Waals surface area contributed by atoms with Gasteiger partial charge in [0.15, 0.2) is 6.61 Å². The van der Waals surface area contributed by atoms with E-state index >= 15 is 0 Å². The van der Waals surface area contributed by atoms with Gasteiger partial charge in [-0.05, 0) is 67.6 Å². The van der Waals surface area contributed by atoms with E-state index in [-0.39, 0.29) is 41.0 Å². The van der Waals surface area contributed by atoms with Gasteiger partial charge in [0.2, 0.25) is 11.8 Å². The fraction of sp³-hybridized carbons (Fsp3) is 0.280. The van der Waals surface area contributed by atoms with Gasteiger partial charge in [0.05, 0.1) is 23.1 Å². The molecule has 3 amide bonds. The Morgan fingerprint density at radius 3 is 2.55 bits per heavy atom. The van der Waals surface area contributed by atoms with Crippen molar-refractivity contribution < 1.29 is 23.9 Å². The number of nitrogens with zero attached hydrogens (tertiary/aromatic N) is 1. The lowest BCUT2D eigenvalue weighted by Gasteiger charge is -2.19. The quantitative estimate of drug-likeness (QED) is 0.412. The molecule has 0 spiro atoms. The van der Waals surface area contributed by atoms with Crippen LogP contribution in [0, 0.1) is 23.7 Å². The van der Waals surface area contributed by atoms with Crippen LogP contribution in [0.25, 0.3) is 0 Å². The number of fused-ring (bicyclic) bond motifs is 5. The fourth-order valence-electron chi connectivity index (χ4n) is 5.25. The Hall–Kier alpha value is -3.45. The molecule has 4 atom stereocenters. The third kappa shape index (κ3) is 3.72. The molecule has 3 aliphatic rings. The second-order valence-electron chi connectivity index (χ2n) is 8.66. The van der Waals surface area contributed by atoms with Crippen LogP contribution in [-0.4, -0.2) is 30.3 Å². The molecule has 1 heterocycles. The Labute approximate surface area is 195 Å². The molecule has 2 fully saturated rings. The summed E-state index contributed by atoms with van der Waals surface area (Å²) in [5.74, 6) is -1.81. The third-order valence-electron chi connectivity index (χ3n) is 6.68. The largest absolute Gasteiger partial charge is 0.452 e. The van der Waals surface area contributed by atoms with E-state index in [9.17, 15) is 19.2 Å². The first-order valence-electron chi connectivity index (χ1n) is 10.7. The van der Waals surface area contributed by atoms with Gasteiger partial charge >= 0.3 is 5.97 Å². The van der Waals surface area contributed by atoms with Crippen molar-refractivity contribution in [2.24, 2.45) is 23.7 Å². The van der Waals surface area contributed by atoms with E-state index in [4.69, 9.17) is 16.3 Å². The molecule has 2 aliphatic carbocycles. The van der Waals surface area contributed by atoms with E-state index in [1.807, 2.05) is 6.92 Å². The van der Waals surface area contributed by atoms with Gasteiger partial charge in [0, 0.05) is 10.7 Å². The Bertz CT molecular complexity index is 1210. The maximum absolute atomic E-state index is 13.0. The number of nitrogens with one attached hydrogen (secondary N) is 1. The highest BCUT2D eigenvalue weighted by Crippen LogP contribution is 2.55. The summed E-state index contributed by atoms with van der Waals surface area (Å²) in [5.41, 5.74) is 2.34. The highest BCUT2D eigenvalue weighted by atomic mass is 35.5. The molecule has 5 rings (SSSR count). The number of imide groups is 1. The minimum Gasteiger partial charge on any atom is -0.452 e. The molecule has 168 valence electrons. The van der Waals surface area contributed by atoms with Crippen molar-refractivity contribution >= 4 is 46.7 Å². The average Bonchev–Trinajstić information content (AvgIpc) is 3.42. The van der Waals surface area contributed by atoms with Crippen LogP contribution in [-0.2, 0) is 19.1 Å². The zero-order valence-corrected chi connectivity index (χ0v) is 18.5. The van der Waals surface area contributed by atoms with Crippen LogP contribution < -0.4 is 10.2 Å². The van der Waals surface area contributed by atoms with E-state index in [0.717, 1.165) is 6.42 Å². The molecule has 8 heteroatoms.